The molecule has 0 radical (unpaired) electrons. The Balaban J connectivity index is 1.83. The number of nitrogens with zero attached hydrogens (tertiary/aromatic N) is 1. The zero-order chi connectivity index (χ0) is 13.7. The fourth-order valence-corrected chi connectivity index (χ4v) is 3.76. The topological polar surface area (TPSA) is 66.5 Å². The SMILES string of the molecule is CS(=O)(=O)CCN1C(=O)C2(CC2)NC1c1cccs1. The van der Waals surface area contributed by atoms with Crippen LogP contribution < -0.4 is 5.32 Å². The molecule has 1 spiro atoms. The maximum absolute atomic E-state index is 12.4. The maximum Gasteiger partial charge on any atom is 0.244 e. The van der Waals surface area contributed by atoms with Gasteiger partial charge in [-0.3, -0.25) is 10.1 Å². The second kappa shape index (κ2) is 4.29. The van der Waals surface area contributed by atoms with E-state index in [9.17, 15) is 13.2 Å². The van der Waals surface area contributed by atoms with Crippen LogP contribution in [0.2, 0.25) is 0 Å². The van der Waals surface area contributed by atoms with Crippen LogP contribution in [0.4, 0.5) is 0 Å². The molecule has 0 bridgehead atoms. The predicted octanol–water partition coefficient (Wildman–Crippen LogP) is 0.756. The summed E-state index contributed by atoms with van der Waals surface area (Å²) in [6.07, 6.45) is 2.73. The second-order valence-corrected chi connectivity index (χ2v) is 8.51. The van der Waals surface area contributed by atoms with Gasteiger partial charge >= 0.3 is 0 Å². The standard InChI is InChI=1S/C12H16N2O3S2/c1-19(16,17)8-6-14-10(9-3-2-7-18-9)13-12(4-5-12)11(14)15/h2-3,7,10,13H,4-6,8H2,1H3. The highest BCUT2D eigenvalue weighted by molar-refractivity contribution is 7.90. The minimum absolute atomic E-state index is 0.0123. The molecule has 3 rings (SSSR count). The number of carbonyl (C=O) groups is 1. The third kappa shape index (κ3) is 2.42. The van der Waals surface area contributed by atoms with E-state index in [4.69, 9.17) is 0 Å². The van der Waals surface area contributed by atoms with E-state index >= 15 is 0 Å². The summed E-state index contributed by atoms with van der Waals surface area (Å²) >= 11 is 1.58. The number of thiophene rings is 1. The molecule has 1 aromatic rings. The zero-order valence-electron chi connectivity index (χ0n) is 10.6. The van der Waals surface area contributed by atoms with Crippen molar-refractivity contribution in [3.63, 3.8) is 0 Å². The lowest BCUT2D eigenvalue weighted by atomic mass is 10.3. The number of carbonyl (C=O) groups excluding carboxylic acids is 1. The Morgan fingerprint density at radius 2 is 2.26 bits per heavy atom. The van der Waals surface area contributed by atoms with Crippen molar-refractivity contribution in [1.82, 2.24) is 10.2 Å². The van der Waals surface area contributed by atoms with Gasteiger partial charge in [0.1, 0.15) is 21.5 Å². The first-order valence-electron chi connectivity index (χ1n) is 6.21. The first-order valence-corrected chi connectivity index (χ1v) is 9.15. The van der Waals surface area contributed by atoms with Crippen molar-refractivity contribution in [3.8, 4) is 0 Å². The van der Waals surface area contributed by atoms with Gasteiger partial charge in [0.15, 0.2) is 0 Å². The second-order valence-electron chi connectivity index (χ2n) is 5.27. The van der Waals surface area contributed by atoms with Crippen molar-refractivity contribution in [3.05, 3.63) is 22.4 Å². The van der Waals surface area contributed by atoms with E-state index in [2.05, 4.69) is 5.32 Å². The summed E-state index contributed by atoms with van der Waals surface area (Å²) in [7, 11) is -3.06. The van der Waals surface area contributed by atoms with Crippen LogP contribution in [0.1, 0.15) is 23.9 Å². The van der Waals surface area contributed by atoms with E-state index in [0.29, 0.717) is 0 Å². The Bertz CT molecular complexity index is 591. The molecule has 1 aliphatic heterocycles. The molecule has 1 atom stereocenters. The largest absolute Gasteiger partial charge is 0.319 e. The molecule has 2 aliphatic rings. The third-order valence-electron chi connectivity index (χ3n) is 3.66. The number of sulfone groups is 1. The van der Waals surface area contributed by atoms with Gasteiger partial charge in [0.2, 0.25) is 5.91 Å². The summed E-state index contributed by atoms with van der Waals surface area (Å²) < 4.78 is 22.6. The zero-order valence-corrected chi connectivity index (χ0v) is 12.3. The number of amides is 1. The van der Waals surface area contributed by atoms with E-state index in [-0.39, 0.29) is 24.4 Å². The van der Waals surface area contributed by atoms with E-state index in [1.807, 2.05) is 17.5 Å². The van der Waals surface area contributed by atoms with Crippen molar-refractivity contribution in [2.75, 3.05) is 18.6 Å². The molecule has 2 fully saturated rings. The summed E-state index contributed by atoms with van der Waals surface area (Å²) in [6, 6.07) is 3.92. The quantitative estimate of drug-likeness (QED) is 0.891. The highest BCUT2D eigenvalue weighted by Crippen LogP contribution is 2.46. The molecule has 1 unspecified atom stereocenters. The number of hydrogen-bond donors (Lipinski definition) is 1. The Labute approximate surface area is 116 Å². The first-order chi connectivity index (χ1) is 8.91. The lowest BCUT2D eigenvalue weighted by molar-refractivity contribution is -0.130. The van der Waals surface area contributed by atoms with Crippen LogP contribution >= 0.6 is 11.3 Å². The van der Waals surface area contributed by atoms with Gasteiger partial charge in [-0.2, -0.15) is 0 Å². The van der Waals surface area contributed by atoms with E-state index in [1.165, 1.54) is 6.26 Å². The lowest BCUT2D eigenvalue weighted by Crippen LogP contribution is -2.35. The molecule has 1 saturated heterocycles. The number of hydrogen-bond acceptors (Lipinski definition) is 5. The fourth-order valence-electron chi connectivity index (χ4n) is 2.44. The Kier molecular flexibility index (Phi) is 2.95. The average Bonchev–Trinajstić information content (AvgIpc) is 2.81. The van der Waals surface area contributed by atoms with E-state index in [1.54, 1.807) is 16.2 Å². The van der Waals surface area contributed by atoms with Crippen LogP contribution in [0.25, 0.3) is 0 Å². The average molecular weight is 300 g/mol. The Morgan fingerprint density at radius 3 is 2.79 bits per heavy atom. The Morgan fingerprint density at radius 1 is 1.53 bits per heavy atom. The summed E-state index contributed by atoms with van der Waals surface area (Å²) in [6.45, 7) is 0.259. The minimum Gasteiger partial charge on any atom is -0.319 e. The van der Waals surface area contributed by atoms with Crippen LogP contribution in [-0.4, -0.2) is 43.3 Å². The minimum atomic E-state index is -3.06. The van der Waals surface area contributed by atoms with E-state index in [0.717, 1.165) is 17.7 Å². The molecule has 2 heterocycles. The van der Waals surface area contributed by atoms with E-state index < -0.39 is 15.4 Å². The molecule has 5 nitrogen and oxygen atoms in total. The van der Waals surface area contributed by atoms with Gasteiger partial charge in [0, 0.05) is 17.7 Å². The highest BCUT2D eigenvalue weighted by Gasteiger charge is 2.59. The van der Waals surface area contributed by atoms with Crippen molar-refractivity contribution in [2.45, 2.75) is 24.5 Å². The molecular formula is C12H16N2O3S2. The monoisotopic (exact) mass is 300 g/mol. The normalized spacial score (nSPS) is 25.2. The van der Waals surface area contributed by atoms with Crippen LogP contribution in [-0.2, 0) is 14.6 Å². The van der Waals surface area contributed by atoms with Crippen LogP contribution in [0, 0.1) is 0 Å². The molecule has 1 aromatic heterocycles. The molecule has 1 amide bonds. The van der Waals surface area contributed by atoms with Gasteiger partial charge in [-0.1, -0.05) is 6.07 Å². The van der Waals surface area contributed by atoms with Crippen molar-refractivity contribution >= 4 is 27.1 Å². The van der Waals surface area contributed by atoms with Gasteiger partial charge < -0.3 is 4.90 Å². The molecule has 7 heteroatoms. The molecule has 1 N–H and O–H groups in total. The van der Waals surface area contributed by atoms with Crippen molar-refractivity contribution < 1.29 is 13.2 Å². The van der Waals surface area contributed by atoms with Crippen LogP contribution in [0.5, 0.6) is 0 Å². The first kappa shape index (κ1) is 13.1. The summed E-state index contributed by atoms with van der Waals surface area (Å²) in [5.74, 6) is 0.0628. The smallest absolute Gasteiger partial charge is 0.244 e. The molecule has 0 aromatic carbocycles. The lowest BCUT2D eigenvalue weighted by Gasteiger charge is -2.22. The van der Waals surface area contributed by atoms with Crippen LogP contribution in [0.3, 0.4) is 0 Å². The molecule has 19 heavy (non-hydrogen) atoms. The highest BCUT2D eigenvalue weighted by atomic mass is 32.2. The molecular weight excluding hydrogens is 284 g/mol. The molecule has 1 aliphatic carbocycles. The fraction of sp³-hybridized carbons (Fsp3) is 0.583. The molecule has 1 saturated carbocycles. The van der Waals surface area contributed by atoms with Crippen molar-refractivity contribution in [2.24, 2.45) is 0 Å². The summed E-state index contributed by atoms with van der Waals surface area (Å²) in [5.41, 5.74) is -0.411. The number of nitrogens with one attached hydrogen (secondary N) is 1. The van der Waals surface area contributed by atoms with Gasteiger partial charge in [-0.15, -0.1) is 11.3 Å². The van der Waals surface area contributed by atoms with Gasteiger partial charge in [0.05, 0.1) is 5.75 Å². The maximum atomic E-state index is 12.4. The summed E-state index contributed by atoms with van der Waals surface area (Å²) in [4.78, 5) is 15.1. The van der Waals surface area contributed by atoms with Gasteiger partial charge in [-0.05, 0) is 24.3 Å². The van der Waals surface area contributed by atoms with Gasteiger partial charge in [-0.25, -0.2) is 8.42 Å². The molecule has 104 valence electrons. The van der Waals surface area contributed by atoms with Crippen molar-refractivity contribution in [1.29, 1.82) is 0 Å². The summed E-state index contributed by atoms with van der Waals surface area (Å²) in [5, 5.41) is 5.34. The Hall–Kier alpha value is -0.920. The van der Waals surface area contributed by atoms with Gasteiger partial charge in [0.25, 0.3) is 0 Å². The third-order valence-corrected chi connectivity index (χ3v) is 5.51. The number of rotatable bonds is 4. The predicted molar refractivity (Wildman–Crippen MR) is 73.6 cm³/mol. The van der Waals surface area contributed by atoms with Crippen LogP contribution in [0.15, 0.2) is 17.5 Å².